The molecule has 0 aliphatic heterocycles. The van der Waals surface area contributed by atoms with Gasteiger partial charge >= 0.3 is 0 Å². The Kier molecular flexibility index (Phi) is 2.75. The van der Waals surface area contributed by atoms with E-state index in [1.807, 2.05) is 0 Å². The third-order valence-electron chi connectivity index (χ3n) is 2.46. The molecule has 0 fully saturated rings. The van der Waals surface area contributed by atoms with E-state index in [2.05, 4.69) is 9.97 Å². The maximum atomic E-state index is 13.1. The number of hydrogen-bond acceptors (Lipinski definition) is 2. The lowest BCUT2D eigenvalue weighted by atomic mass is 10.1. The van der Waals surface area contributed by atoms with E-state index in [4.69, 9.17) is 0 Å². The van der Waals surface area contributed by atoms with Crippen LogP contribution in [0.3, 0.4) is 0 Å². The van der Waals surface area contributed by atoms with E-state index in [9.17, 15) is 13.6 Å². The summed E-state index contributed by atoms with van der Waals surface area (Å²) in [5.41, 5.74) is 0.847. The SMILES string of the molecule is Cc1nc(-c2ccc(F)c(F)c2)c(C)c(=O)[nH]1. The number of H-pyrrole nitrogens is 1. The minimum absolute atomic E-state index is 0.280. The second-order valence-electron chi connectivity index (χ2n) is 3.75. The average molecular weight is 236 g/mol. The van der Waals surface area contributed by atoms with E-state index in [-0.39, 0.29) is 5.56 Å². The fourth-order valence-corrected chi connectivity index (χ4v) is 1.57. The quantitative estimate of drug-likeness (QED) is 0.826. The number of benzene rings is 1. The Hall–Kier alpha value is -2.04. The number of aryl methyl sites for hydroxylation is 1. The van der Waals surface area contributed by atoms with Crippen LogP contribution in [0.5, 0.6) is 0 Å². The number of nitrogens with one attached hydrogen (secondary N) is 1. The molecule has 3 nitrogen and oxygen atoms in total. The van der Waals surface area contributed by atoms with Gasteiger partial charge in [0.2, 0.25) is 0 Å². The Labute approximate surface area is 96.2 Å². The largest absolute Gasteiger partial charge is 0.311 e. The van der Waals surface area contributed by atoms with E-state index in [1.165, 1.54) is 6.07 Å². The molecule has 2 aromatic rings. The van der Waals surface area contributed by atoms with E-state index in [0.29, 0.717) is 22.6 Å². The molecular weight excluding hydrogens is 226 g/mol. The molecular formula is C12H10F2N2O. The molecule has 5 heteroatoms. The van der Waals surface area contributed by atoms with E-state index in [0.717, 1.165) is 12.1 Å². The van der Waals surface area contributed by atoms with Crippen LogP contribution in [0.2, 0.25) is 0 Å². The fraction of sp³-hybridized carbons (Fsp3) is 0.167. The molecule has 1 aromatic carbocycles. The first-order valence-electron chi connectivity index (χ1n) is 5.02. The summed E-state index contributed by atoms with van der Waals surface area (Å²) in [6, 6.07) is 3.44. The molecule has 1 aromatic heterocycles. The van der Waals surface area contributed by atoms with Crippen molar-refractivity contribution in [2.75, 3.05) is 0 Å². The van der Waals surface area contributed by atoms with Gasteiger partial charge in [-0.2, -0.15) is 0 Å². The zero-order valence-electron chi connectivity index (χ0n) is 9.34. The van der Waals surface area contributed by atoms with Gasteiger partial charge in [0, 0.05) is 11.1 Å². The molecule has 17 heavy (non-hydrogen) atoms. The molecule has 88 valence electrons. The van der Waals surface area contributed by atoms with Crippen LogP contribution in [0.25, 0.3) is 11.3 Å². The number of nitrogens with zero attached hydrogens (tertiary/aromatic N) is 1. The van der Waals surface area contributed by atoms with E-state index < -0.39 is 11.6 Å². The van der Waals surface area contributed by atoms with Gasteiger partial charge in [-0.25, -0.2) is 13.8 Å². The minimum atomic E-state index is -0.957. The molecule has 0 saturated carbocycles. The van der Waals surface area contributed by atoms with Gasteiger partial charge in [0.15, 0.2) is 11.6 Å². The van der Waals surface area contributed by atoms with Crippen LogP contribution in [-0.4, -0.2) is 9.97 Å². The van der Waals surface area contributed by atoms with Crippen LogP contribution in [-0.2, 0) is 0 Å². The third kappa shape index (κ3) is 2.08. The Morgan fingerprint density at radius 2 is 1.88 bits per heavy atom. The fourth-order valence-electron chi connectivity index (χ4n) is 1.57. The second-order valence-corrected chi connectivity index (χ2v) is 3.75. The number of aromatic nitrogens is 2. The van der Waals surface area contributed by atoms with Crippen LogP contribution in [0.15, 0.2) is 23.0 Å². The van der Waals surface area contributed by atoms with Crippen LogP contribution in [0.1, 0.15) is 11.4 Å². The van der Waals surface area contributed by atoms with Gasteiger partial charge in [0.05, 0.1) is 5.69 Å². The predicted octanol–water partition coefficient (Wildman–Crippen LogP) is 2.33. The molecule has 1 heterocycles. The van der Waals surface area contributed by atoms with Gasteiger partial charge in [-0.3, -0.25) is 4.79 Å². The molecule has 0 spiro atoms. The second kappa shape index (κ2) is 4.08. The van der Waals surface area contributed by atoms with E-state index in [1.54, 1.807) is 13.8 Å². The van der Waals surface area contributed by atoms with Crippen molar-refractivity contribution < 1.29 is 8.78 Å². The van der Waals surface area contributed by atoms with Gasteiger partial charge in [0.25, 0.3) is 5.56 Å². The Morgan fingerprint density at radius 3 is 2.53 bits per heavy atom. The van der Waals surface area contributed by atoms with Crippen molar-refractivity contribution in [1.29, 1.82) is 0 Å². The van der Waals surface area contributed by atoms with Crippen LogP contribution < -0.4 is 5.56 Å². The van der Waals surface area contributed by atoms with E-state index >= 15 is 0 Å². The van der Waals surface area contributed by atoms with Crippen molar-refractivity contribution in [2.45, 2.75) is 13.8 Å². The summed E-state index contributed by atoms with van der Waals surface area (Å²) in [7, 11) is 0. The summed E-state index contributed by atoms with van der Waals surface area (Å²) >= 11 is 0. The summed E-state index contributed by atoms with van der Waals surface area (Å²) in [5, 5.41) is 0. The van der Waals surface area contributed by atoms with Crippen molar-refractivity contribution >= 4 is 0 Å². The number of halogens is 2. The van der Waals surface area contributed by atoms with Gasteiger partial charge in [-0.15, -0.1) is 0 Å². The molecule has 0 radical (unpaired) electrons. The number of hydrogen-bond donors (Lipinski definition) is 1. The monoisotopic (exact) mass is 236 g/mol. The van der Waals surface area contributed by atoms with Crippen LogP contribution >= 0.6 is 0 Å². The molecule has 0 aliphatic rings. The lowest BCUT2D eigenvalue weighted by Gasteiger charge is -2.05. The number of rotatable bonds is 1. The maximum Gasteiger partial charge on any atom is 0.254 e. The lowest BCUT2D eigenvalue weighted by Crippen LogP contribution is -2.14. The zero-order chi connectivity index (χ0) is 12.6. The normalized spacial score (nSPS) is 10.6. The van der Waals surface area contributed by atoms with Crippen molar-refractivity contribution in [2.24, 2.45) is 0 Å². The van der Waals surface area contributed by atoms with Crippen LogP contribution in [0.4, 0.5) is 8.78 Å². The molecule has 0 unspecified atom stereocenters. The summed E-state index contributed by atoms with van der Waals surface area (Å²) < 4.78 is 25.9. The first-order valence-corrected chi connectivity index (χ1v) is 5.02. The predicted molar refractivity (Wildman–Crippen MR) is 59.7 cm³/mol. The van der Waals surface area contributed by atoms with Crippen molar-refractivity contribution in [3.63, 3.8) is 0 Å². The minimum Gasteiger partial charge on any atom is -0.311 e. The molecule has 0 amide bonds. The summed E-state index contributed by atoms with van der Waals surface area (Å²) in [5.74, 6) is -1.45. The Bertz CT molecular complexity index is 635. The Balaban J connectivity index is 2.68. The van der Waals surface area contributed by atoms with Gasteiger partial charge in [-0.1, -0.05) is 0 Å². The summed E-state index contributed by atoms with van der Waals surface area (Å²) in [6.45, 7) is 3.21. The van der Waals surface area contributed by atoms with Crippen LogP contribution in [0, 0.1) is 25.5 Å². The highest BCUT2D eigenvalue weighted by molar-refractivity contribution is 5.62. The van der Waals surface area contributed by atoms with Crippen molar-refractivity contribution in [3.05, 3.63) is 51.6 Å². The number of aromatic amines is 1. The zero-order valence-corrected chi connectivity index (χ0v) is 9.34. The Morgan fingerprint density at radius 1 is 1.18 bits per heavy atom. The topological polar surface area (TPSA) is 45.8 Å². The first-order chi connectivity index (χ1) is 7.99. The maximum absolute atomic E-state index is 13.1. The average Bonchev–Trinajstić information content (AvgIpc) is 2.27. The highest BCUT2D eigenvalue weighted by Crippen LogP contribution is 2.21. The molecule has 0 atom stereocenters. The van der Waals surface area contributed by atoms with Crippen molar-refractivity contribution in [3.8, 4) is 11.3 Å². The molecule has 1 N–H and O–H groups in total. The summed E-state index contributed by atoms with van der Waals surface area (Å²) in [6.07, 6.45) is 0. The van der Waals surface area contributed by atoms with Gasteiger partial charge in [0.1, 0.15) is 5.82 Å². The smallest absolute Gasteiger partial charge is 0.254 e. The third-order valence-corrected chi connectivity index (χ3v) is 2.46. The van der Waals surface area contributed by atoms with Gasteiger partial charge < -0.3 is 4.98 Å². The highest BCUT2D eigenvalue weighted by Gasteiger charge is 2.10. The molecule has 0 bridgehead atoms. The molecule has 0 aliphatic carbocycles. The first kappa shape index (κ1) is 11.4. The molecule has 2 rings (SSSR count). The highest BCUT2D eigenvalue weighted by atomic mass is 19.2. The standard InChI is InChI=1S/C12H10F2N2O/c1-6-11(15-7(2)16-12(6)17)8-3-4-9(13)10(14)5-8/h3-5H,1-2H3,(H,15,16,17). The van der Waals surface area contributed by atoms with Gasteiger partial charge in [-0.05, 0) is 32.0 Å². The van der Waals surface area contributed by atoms with Crippen molar-refractivity contribution in [1.82, 2.24) is 9.97 Å². The molecule has 0 saturated heterocycles. The lowest BCUT2D eigenvalue weighted by molar-refractivity contribution is 0.509. The summed E-state index contributed by atoms with van der Waals surface area (Å²) in [4.78, 5) is 18.2.